The Bertz CT molecular complexity index is 1280. The highest BCUT2D eigenvalue weighted by Crippen LogP contribution is 2.39. The Labute approximate surface area is 195 Å². The molecule has 168 valence electrons. The van der Waals surface area contributed by atoms with Gasteiger partial charge in [0.1, 0.15) is 11.3 Å². The highest BCUT2D eigenvalue weighted by Gasteiger charge is 2.30. The van der Waals surface area contributed by atoms with E-state index in [-0.39, 0.29) is 11.9 Å². The third-order valence-electron chi connectivity index (χ3n) is 7.42. The SMILES string of the molecule is O=C(NC1CCCCC1)c1c(-c2ccccc2)c2c3n(c(-c4ccccc4)cn13)CCCC2. The van der Waals surface area contributed by atoms with Gasteiger partial charge in [-0.3, -0.25) is 9.20 Å². The maximum atomic E-state index is 13.9. The van der Waals surface area contributed by atoms with Crippen LogP contribution in [0.5, 0.6) is 0 Å². The predicted octanol–water partition coefficient (Wildman–Crippen LogP) is 6.47. The van der Waals surface area contributed by atoms with Gasteiger partial charge in [0.25, 0.3) is 5.91 Å². The summed E-state index contributed by atoms with van der Waals surface area (Å²) in [6.45, 7) is 0.982. The van der Waals surface area contributed by atoms with E-state index >= 15 is 0 Å². The molecule has 1 aliphatic carbocycles. The van der Waals surface area contributed by atoms with Crippen molar-refractivity contribution in [2.45, 2.75) is 64.0 Å². The highest BCUT2D eigenvalue weighted by atomic mass is 16.2. The lowest BCUT2D eigenvalue weighted by molar-refractivity contribution is 0.0922. The zero-order valence-corrected chi connectivity index (χ0v) is 19.1. The van der Waals surface area contributed by atoms with Gasteiger partial charge in [-0.25, -0.2) is 0 Å². The lowest BCUT2D eigenvalue weighted by Crippen LogP contribution is -2.37. The average molecular weight is 438 g/mol. The van der Waals surface area contributed by atoms with Crippen LogP contribution in [-0.4, -0.2) is 20.9 Å². The number of nitrogens with zero attached hydrogens (tertiary/aromatic N) is 2. The molecule has 2 aromatic heterocycles. The van der Waals surface area contributed by atoms with E-state index in [2.05, 4.69) is 75.1 Å². The van der Waals surface area contributed by atoms with Gasteiger partial charge in [-0.2, -0.15) is 0 Å². The Morgan fingerprint density at radius 3 is 2.24 bits per heavy atom. The fourth-order valence-corrected chi connectivity index (χ4v) is 5.86. The number of carbonyl (C=O) groups excluding carboxylic acids is 1. The third kappa shape index (κ3) is 3.58. The predicted molar refractivity (Wildman–Crippen MR) is 134 cm³/mol. The number of benzene rings is 2. The summed E-state index contributed by atoms with van der Waals surface area (Å²) in [7, 11) is 0. The van der Waals surface area contributed by atoms with Crippen molar-refractivity contribution in [3.8, 4) is 22.4 Å². The molecule has 0 saturated heterocycles. The minimum absolute atomic E-state index is 0.0688. The largest absolute Gasteiger partial charge is 0.348 e. The summed E-state index contributed by atoms with van der Waals surface area (Å²) >= 11 is 0. The van der Waals surface area contributed by atoms with Crippen molar-refractivity contribution in [3.63, 3.8) is 0 Å². The fraction of sp³-hybridized carbons (Fsp3) is 0.345. The molecule has 6 rings (SSSR count). The second-order valence-electron chi connectivity index (χ2n) is 9.56. The van der Waals surface area contributed by atoms with Crippen LogP contribution in [0.3, 0.4) is 0 Å². The summed E-state index contributed by atoms with van der Waals surface area (Å²) in [6.07, 6.45) is 11.4. The van der Waals surface area contributed by atoms with E-state index in [1.807, 2.05) is 6.07 Å². The third-order valence-corrected chi connectivity index (χ3v) is 7.42. The summed E-state index contributed by atoms with van der Waals surface area (Å²) in [5, 5.41) is 3.41. The van der Waals surface area contributed by atoms with Gasteiger partial charge >= 0.3 is 0 Å². The monoisotopic (exact) mass is 437 g/mol. The van der Waals surface area contributed by atoms with Crippen LogP contribution in [0.1, 0.15) is 61.0 Å². The van der Waals surface area contributed by atoms with Gasteiger partial charge in [0.05, 0.1) is 5.69 Å². The number of nitrogens with one attached hydrogen (secondary N) is 1. The van der Waals surface area contributed by atoms with Gasteiger partial charge in [-0.05, 0) is 43.2 Å². The Kier molecular flexibility index (Phi) is 5.29. The Morgan fingerprint density at radius 1 is 0.818 bits per heavy atom. The van der Waals surface area contributed by atoms with E-state index in [0.717, 1.165) is 55.5 Å². The first-order chi connectivity index (χ1) is 16.3. The van der Waals surface area contributed by atoms with Crippen LogP contribution in [0.2, 0.25) is 0 Å². The summed E-state index contributed by atoms with van der Waals surface area (Å²) in [5.41, 5.74) is 7.96. The van der Waals surface area contributed by atoms with Crippen LogP contribution < -0.4 is 5.32 Å². The van der Waals surface area contributed by atoms with Gasteiger partial charge in [-0.1, -0.05) is 79.9 Å². The van der Waals surface area contributed by atoms with Gasteiger partial charge in [-0.15, -0.1) is 0 Å². The smallest absolute Gasteiger partial charge is 0.269 e. The van der Waals surface area contributed by atoms with Crippen molar-refractivity contribution in [3.05, 3.63) is 78.1 Å². The first-order valence-electron chi connectivity index (χ1n) is 12.5. The number of hydrogen-bond acceptors (Lipinski definition) is 1. The maximum Gasteiger partial charge on any atom is 0.269 e. The summed E-state index contributed by atoms with van der Waals surface area (Å²) in [4.78, 5) is 13.9. The normalized spacial score (nSPS) is 16.6. The average Bonchev–Trinajstić information content (AvgIpc) is 3.29. The number of carbonyl (C=O) groups is 1. The molecule has 4 heteroatoms. The fourth-order valence-electron chi connectivity index (χ4n) is 5.86. The first-order valence-corrected chi connectivity index (χ1v) is 12.5. The molecule has 2 aliphatic rings. The number of amides is 1. The van der Waals surface area contributed by atoms with Crippen molar-refractivity contribution in [2.75, 3.05) is 0 Å². The van der Waals surface area contributed by atoms with E-state index in [9.17, 15) is 4.79 Å². The van der Waals surface area contributed by atoms with E-state index < -0.39 is 0 Å². The van der Waals surface area contributed by atoms with Crippen LogP contribution in [0.15, 0.2) is 66.9 Å². The second-order valence-corrected chi connectivity index (χ2v) is 9.56. The number of rotatable bonds is 4. The molecule has 4 aromatic rings. The van der Waals surface area contributed by atoms with Crippen LogP contribution in [0.4, 0.5) is 0 Å². The second kappa shape index (κ2) is 8.58. The van der Waals surface area contributed by atoms with E-state index in [0.29, 0.717) is 0 Å². The molecule has 1 saturated carbocycles. The Morgan fingerprint density at radius 2 is 1.52 bits per heavy atom. The minimum Gasteiger partial charge on any atom is -0.348 e. The topological polar surface area (TPSA) is 38.4 Å². The Balaban J connectivity index is 1.57. The molecule has 0 atom stereocenters. The molecule has 1 fully saturated rings. The molecule has 1 N–H and O–H groups in total. The van der Waals surface area contributed by atoms with Crippen molar-refractivity contribution in [1.82, 2.24) is 14.3 Å². The van der Waals surface area contributed by atoms with Gasteiger partial charge in [0.15, 0.2) is 0 Å². The molecule has 1 aliphatic heterocycles. The quantitative estimate of drug-likeness (QED) is 0.390. The van der Waals surface area contributed by atoms with Crippen LogP contribution in [-0.2, 0) is 13.0 Å². The lowest BCUT2D eigenvalue weighted by atomic mass is 9.94. The van der Waals surface area contributed by atoms with Crippen LogP contribution >= 0.6 is 0 Å². The molecule has 1 amide bonds. The summed E-state index contributed by atoms with van der Waals surface area (Å²) < 4.78 is 4.64. The molecule has 0 bridgehead atoms. The summed E-state index contributed by atoms with van der Waals surface area (Å²) in [5.74, 6) is 0.0688. The van der Waals surface area contributed by atoms with E-state index in [1.165, 1.54) is 41.7 Å². The van der Waals surface area contributed by atoms with Crippen molar-refractivity contribution in [2.24, 2.45) is 0 Å². The number of aromatic nitrogens is 2. The zero-order valence-electron chi connectivity index (χ0n) is 19.1. The maximum absolute atomic E-state index is 13.9. The van der Waals surface area contributed by atoms with Crippen molar-refractivity contribution in [1.29, 1.82) is 0 Å². The standard InChI is InChI=1S/C29H31N3O/c33-28(30-23-16-8-3-9-17-23)27-26(22-14-6-2-7-15-22)24-18-10-11-19-31-25(20-32(27)29(24)31)21-12-4-1-5-13-21/h1-2,4-7,12-15,20,23H,3,8-11,16-19H2,(H,30,33). The van der Waals surface area contributed by atoms with E-state index in [1.54, 1.807) is 0 Å². The minimum atomic E-state index is 0.0688. The van der Waals surface area contributed by atoms with Crippen molar-refractivity contribution < 1.29 is 4.79 Å². The number of imidazole rings is 1. The highest BCUT2D eigenvalue weighted by molar-refractivity contribution is 6.03. The lowest BCUT2D eigenvalue weighted by Gasteiger charge is -2.23. The molecule has 0 radical (unpaired) electrons. The summed E-state index contributed by atoms with van der Waals surface area (Å²) in [6, 6.07) is 21.4. The Hall–Kier alpha value is -3.27. The van der Waals surface area contributed by atoms with Gasteiger partial charge < -0.3 is 9.88 Å². The van der Waals surface area contributed by atoms with Gasteiger partial charge in [0.2, 0.25) is 0 Å². The molecule has 0 unspecified atom stereocenters. The molecular formula is C29H31N3O. The van der Waals surface area contributed by atoms with Gasteiger partial charge in [0, 0.05) is 29.9 Å². The molecule has 3 heterocycles. The molecular weight excluding hydrogens is 406 g/mol. The van der Waals surface area contributed by atoms with E-state index in [4.69, 9.17) is 0 Å². The zero-order chi connectivity index (χ0) is 22.2. The van der Waals surface area contributed by atoms with Crippen molar-refractivity contribution >= 4 is 11.6 Å². The first kappa shape index (κ1) is 20.3. The molecule has 4 nitrogen and oxygen atoms in total. The van der Waals surface area contributed by atoms with Crippen LogP contribution in [0, 0.1) is 0 Å². The molecule has 0 spiro atoms. The molecule has 33 heavy (non-hydrogen) atoms. The van der Waals surface area contributed by atoms with Crippen LogP contribution in [0.25, 0.3) is 28.0 Å². The number of hydrogen-bond donors (Lipinski definition) is 1. The number of aryl methyl sites for hydroxylation is 2. The molecule has 2 aromatic carbocycles.